The molecule has 0 saturated carbocycles. The van der Waals surface area contributed by atoms with Crippen LogP contribution in [0.2, 0.25) is 0 Å². The smallest absolute Gasteiger partial charge is 0.242 e. The first-order valence-electron chi connectivity index (χ1n) is 15.7. The van der Waals surface area contributed by atoms with Gasteiger partial charge in [-0.1, -0.05) is 47.8 Å². The summed E-state index contributed by atoms with van der Waals surface area (Å²) >= 11 is 1.55. The molecule has 2 unspecified atom stereocenters. The highest BCUT2D eigenvalue weighted by atomic mass is 32.2. The summed E-state index contributed by atoms with van der Waals surface area (Å²) in [5.41, 5.74) is 0.728. The lowest BCUT2D eigenvalue weighted by atomic mass is 10.0. The van der Waals surface area contributed by atoms with E-state index >= 15 is 0 Å². The number of amides is 3. The van der Waals surface area contributed by atoms with Crippen LogP contribution in [0.1, 0.15) is 88.0 Å². The Kier molecular flexibility index (Phi) is 16.7. The molecular weight excluding hydrogens is 580 g/mol. The van der Waals surface area contributed by atoms with Crippen molar-refractivity contribution in [1.82, 2.24) is 20.9 Å². The van der Waals surface area contributed by atoms with Gasteiger partial charge in [-0.05, 0) is 45.8 Å². The van der Waals surface area contributed by atoms with Crippen molar-refractivity contribution in [3.8, 4) is 0 Å². The van der Waals surface area contributed by atoms with Gasteiger partial charge < -0.3 is 25.4 Å². The number of nitrogens with zero attached hydrogens (tertiary/aromatic N) is 1. The number of rotatable bonds is 23. The van der Waals surface area contributed by atoms with Gasteiger partial charge in [0.05, 0.1) is 42.8 Å². The van der Waals surface area contributed by atoms with Crippen LogP contribution in [0.15, 0.2) is 24.6 Å². The van der Waals surface area contributed by atoms with Gasteiger partial charge in [-0.25, -0.2) is 0 Å². The first kappa shape index (κ1) is 39.7. The maximum Gasteiger partial charge on any atom is 0.242 e. The summed E-state index contributed by atoms with van der Waals surface area (Å²) in [7, 11) is 0. The van der Waals surface area contributed by atoms with E-state index < -0.39 is 5.60 Å². The molecule has 44 heavy (non-hydrogen) atoms. The minimum Gasteiger partial charge on any atom is -0.388 e. The predicted molar refractivity (Wildman–Crippen MR) is 178 cm³/mol. The van der Waals surface area contributed by atoms with E-state index in [1.54, 1.807) is 25.6 Å². The van der Waals surface area contributed by atoms with E-state index in [0.29, 0.717) is 50.1 Å². The topological polar surface area (TPSA) is 126 Å². The average Bonchev–Trinajstić information content (AvgIpc) is 3.16. The molecule has 1 saturated heterocycles. The molecule has 1 aliphatic rings. The second kappa shape index (κ2) is 18.6. The maximum absolute atomic E-state index is 12.7. The van der Waals surface area contributed by atoms with Crippen molar-refractivity contribution >= 4 is 35.3 Å². The molecule has 0 aromatic heterocycles. The second-order valence-electron chi connectivity index (χ2n) is 13.4. The van der Waals surface area contributed by atoms with Crippen molar-refractivity contribution in [1.29, 1.82) is 0 Å². The number of carbonyl (C=O) groups is 4. The number of thioether (sulfide) groups is 1. The summed E-state index contributed by atoms with van der Waals surface area (Å²) in [5, 5.41) is 8.96. The van der Waals surface area contributed by atoms with Crippen LogP contribution in [0, 0.1) is 11.8 Å². The predicted octanol–water partition coefficient (Wildman–Crippen LogP) is 4.20. The highest BCUT2D eigenvalue weighted by Crippen LogP contribution is 2.29. The Bertz CT molecular complexity index is 1010. The quantitative estimate of drug-likeness (QED) is 0.141. The number of ketones is 1. The Hall–Kier alpha value is -2.37. The Morgan fingerprint density at radius 2 is 1.55 bits per heavy atom. The van der Waals surface area contributed by atoms with Crippen LogP contribution >= 0.6 is 11.8 Å². The van der Waals surface area contributed by atoms with Gasteiger partial charge in [-0.3, -0.25) is 24.1 Å². The molecule has 1 aliphatic heterocycles. The van der Waals surface area contributed by atoms with Crippen molar-refractivity contribution in [2.45, 2.75) is 110 Å². The summed E-state index contributed by atoms with van der Waals surface area (Å²) in [6.07, 6.45) is 2.28. The molecule has 0 aromatic carbocycles. The average molecular weight is 639 g/mol. The number of hydrogen-bond acceptors (Lipinski definition) is 9. The number of ether oxygens (including phenoxy) is 2. The van der Waals surface area contributed by atoms with E-state index in [9.17, 15) is 19.2 Å². The fourth-order valence-electron chi connectivity index (χ4n) is 4.28. The third-order valence-corrected chi connectivity index (χ3v) is 8.71. The Morgan fingerprint density at radius 1 is 0.932 bits per heavy atom. The first-order chi connectivity index (χ1) is 20.3. The van der Waals surface area contributed by atoms with Crippen LogP contribution in [-0.4, -0.2) is 89.5 Å². The summed E-state index contributed by atoms with van der Waals surface area (Å²) in [4.78, 5) is 50.1. The van der Waals surface area contributed by atoms with Crippen LogP contribution < -0.4 is 16.0 Å². The van der Waals surface area contributed by atoms with Gasteiger partial charge in [0.2, 0.25) is 17.7 Å². The molecular formula is C33H58N4O6S. The molecule has 0 spiro atoms. The Morgan fingerprint density at radius 3 is 2.16 bits per heavy atom. The molecule has 11 heteroatoms. The van der Waals surface area contributed by atoms with Crippen molar-refractivity contribution in [2.75, 3.05) is 39.4 Å². The standard InChI is InChI=1S/C33H58N4O6S/c1-22(2)27(38)19-36-29(39)20-35-25(6)12-16-42-33(10,11)14-17-43-32(8,9)13-15-34-26(7)24(5)21-37-30(40)18-28(31(37)41)44-23(3)4/h22-24,28,34-35H,6-7,12-21H2,1-5,8-11H3,(H,36,39). The van der Waals surface area contributed by atoms with E-state index in [4.69, 9.17) is 9.47 Å². The van der Waals surface area contributed by atoms with Crippen LogP contribution in [0.25, 0.3) is 0 Å². The lowest BCUT2D eigenvalue weighted by Crippen LogP contribution is -2.38. The van der Waals surface area contributed by atoms with E-state index in [1.807, 2.05) is 48.5 Å². The monoisotopic (exact) mass is 638 g/mol. The van der Waals surface area contributed by atoms with Gasteiger partial charge in [0.15, 0.2) is 5.78 Å². The number of imide groups is 1. The largest absolute Gasteiger partial charge is 0.388 e. The van der Waals surface area contributed by atoms with E-state index in [1.165, 1.54) is 4.90 Å². The lowest BCUT2D eigenvalue weighted by Gasteiger charge is -2.30. The first-order valence-corrected chi connectivity index (χ1v) is 16.7. The van der Waals surface area contributed by atoms with Gasteiger partial charge >= 0.3 is 0 Å². The maximum atomic E-state index is 12.7. The second-order valence-corrected chi connectivity index (χ2v) is 15.2. The minimum atomic E-state index is -0.399. The van der Waals surface area contributed by atoms with Gasteiger partial charge in [0.25, 0.3) is 0 Å². The summed E-state index contributed by atoms with van der Waals surface area (Å²) < 4.78 is 12.2. The van der Waals surface area contributed by atoms with Gasteiger partial charge in [0, 0.05) is 49.2 Å². The fraction of sp³-hybridized carbons (Fsp3) is 0.758. The Labute approximate surface area is 269 Å². The van der Waals surface area contributed by atoms with Crippen molar-refractivity contribution in [3.63, 3.8) is 0 Å². The van der Waals surface area contributed by atoms with E-state index in [2.05, 4.69) is 29.1 Å². The van der Waals surface area contributed by atoms with E-state index in [-0.39, 0.29) is 65.7 Å². The molecule has 0 bridgehead atoms. The highest BCUT2D eigenvalue weighted by molar-refractivity contribution is 8.01. The van der Waals surface area contributed by atoms with Gasteiger partial charge in [-0.15, -0.1) is 11.8 Å². The van der Waals surface area contributed by atoms with Crippen LogP contribution in [0.5, 0.6) is 0 Å². The van der Waals surface area contributed by atoms with Crippen LogP contribution in [-0.2, 0) is 28.7 Å². The molecule has 252 valence electrons. The molecule has 1 heterocycles. The van der Waals surface area contributed by atoms with Crippen molar-refractivity contribution in [3.05, 3.63) is 24.6 Å². The van der Waals surface area contributed by atoms with Crippen LogP contribution in [0.3, 0.4) is 0 Å². The zero-order chi connectivity index (χ0) is 33.7. The molecule has 3 amide bonds. The van der Waals surface area contributed by atoms with Gasteiger partial charge in [-0.2, -0.15) is 0 Å². The highest BCUT2D eigenvalue weighted by Gasteiger charge is 2.39. The normalized spacial score (nSPS) is 16.4. The zero-order valence-electron chi connectivity index (χ0n) is 28.6. The summed E-state index contributed by atoms with van der Waals surface area (Å²) in [6, 6.07) is 0. The third-order valence-electron chi connectivity index (χ3n) is 7.47. The molecule has 3 N–H and O–H groups in total. The minimum absolute atomic E-state index is 0.00505. The number of carbonyl (C=O) groups excluding carboxylic acids is 4. The lowest BCUT2D eigenvalue weighted by molar-refractivity contribution is -0.138. The number of likely N-dealkylation sites (tertiary alicyclic amines) is 1. The zero-order valence-corrected chi connectivity index (χ0v) is 29.4. The number of Topliss-reactive ketones (excluding diaryl/α,β-unsaturated/α-hetero) is 1. The molecule has 1 fully saturated rings. The summed E-state index contributed by atoms with van der Waals surface area (Å²) in [6.45, 7) is 28.0. The molecule has 10 nitrogen and oxygen atoms in total. The summed E-state index contributed by atoms with van der Waals surface area (Å²) in [5.74, 6) is -0.616. The SMILES string of the molecule is C=C(CCOC(C)(C)CCOC(C)(C)CCNC(=C)C(C)CN1C(=O)CC(SC(C)C)C1=O)NCC(=O)NCC(=O)C(C)C. The molecule has 0 aromatic rings. The molecule has 1 rings (SSSR count). The molecule has 0 aliphatic carbocycles. The van der Waals surface area contributed by atoms with Crippen LogP contribution in [0.4, 0.5) is 0 Å². The Balaban J connectivity index is 2.29. The fourth-order valence-corrected chi connectivity index (χ4v) is 5.42. The number of hydrogen-bond donors (Lipinski definition) is 3. The van der Waals surface area contributed by atoms with Crippen molar-refractivity contribution in [2.24, 2.45) is 11.8 Å². The van der Waals surface area contributed by atoms with Gasteiger partial charge in [0.1, 0.15) is 0 Å². The van der Waals surface area contributed by atoms with Crippen molar-refractivity contribution < 1.29 is 28.7 Å². The van der Waals surface area contributed by atoms with E-state index in [0.717, 1.165) is 12.1 Å². The molecule has 2 atom stereocenters. The molecule has 0 radical (unpaired) electrons. The third kappa shape index (κ3) is 15.6. The number of nitrogens with one attached hydrogen (secondary N) is 3.